The summed E-state index contributed by atoms with van der Waals surface area (Å²) in [7, 11) is 4.01. The van der Waals surface area contributed by atoms with Gasteiger partial charge in [-0.05, 0) is 43.4 Å². The fraction of sp³-hybridized carbons (Fsp3) is 0.500. The van der Waals surface area contributed by atoms with Crippen LogP contribution in [0, 0.1) is 12.8 Å². The highest BCUT2D eigenvalue weighted by atomic mass is 16.2. The number of nitrogens with zero attached hydrogens (tertiary/aromatic N) is 5. The van der Waals surface area contributed by atoms with Gasteiger partial charge in [-0.25, -0.2) is 4.79 Å². The number of nitrogens with one attached hydrogen (secondary N) is 1. The standard InChI is InChI=1S/C18H26N6O/c1-14-16(7-4-8-17(14)22(2)3)20-18(25)23-10-5-6-15(12-23)13-24-11-9-19-21-24/h4,7-9,11,15H,5-6,10,12-13H2,1-3H3,(H,20,25)/t15-/m1/s1. The van der Waals surface area contributed by atoms with E-state index in [1.54, 1.807) is 6.20 Å². The molecule has 2 aromatic rings. The molecule has 2 amide bonds. The highest BCUT2D eigenvalue weighted by molar-refractivity contribution is 5.91. The van der Waals surface area contributed by atoms with E-state index in [9.17, 15) is 4.79 Å². The van der Waals surface area contributed by atoms with E-state index in [1.807, 2.05) is 48.9 Å². The smallest absolute Gasteiger partial charge is 0.321 e. The second-order valence-corrected chi connectivity index (χ2v) is 6.85. The van der Waals surface area contributed by atoms with E-state index in [0.717, 1.165) is 49.4 Å². The minimum atomic E-state index is -0.0257. The van der Waals surface area contributed by atoms with Crippen LogP contribution in [0.4, 0.5) is 16.2 Å². The molecule has 1 saturated heterocycles. The van der Waals surface area contributed by atoms with Crippen LogP contribution in [0.25, 0.3) is 0 Å². The van der Waals surface area contributed by atoms with Crippen LogP contribution >= 0.6 is 0 Å². The minimum absolute atomic E-state index is 0.0257. The number of anilines is 2. The van der Waals surface area contributed by atoms with Gasteiger partial charge >= 0.3 is 6.03 Å². The van der Waals surface area contributed by atoms with Crippen LogP contribution in [0.3, 0.4) is 0 Å². The number of hydrogen-bond acceptors (Lipinski definition) is 4. The lowest BCUT2D eigenvalue weighted by molar-refractivity contribution is 0.168. The monoisotopic (exact) mass is 342 g/mol. The summed E-state index contributed by atoms with van der Waals surface area (Å²) in [6.45, 7) is 4.39. The van der Waals surface area contributed by atoms with Crippen molar-refractivity contribution >= 4 is 17.4 Å². The van der Waals surface area contributed by atoms with Gasteiger partial charge in [0, 0.05) is 51.3 Å². The van der Waals surface area contributed by atoms with Crippen LogP contribution in [0.5, 0.6) is 0 Å². The molecular weight excluding hydrogens is 316 g/mol. The zero-order valence-corrected chi connectivity index (χ0v) is 15.1. The molecule has 1 fully saturated rings. The van der Waals surface area contributed by atoms with Crippen molar-refractivity contribution in [2.75, 3.05) is 37.4 Å². The van der Waals surface area contributed by atoms with E-state index in [1.165, 1.54) is 0 Å². The first kappa shape index (κ1) is 17.3. The molecule has 0 saturated carbocycles. The predicted octanol–water partition coefficient (Wildman–Crippen LogP) is 2.60. The molecular formula is C18H26N6O. The Kier molecular flexibility index (Phi) is 5.21. The first-order chi connectivity index (χ1) is 12.0. The van der Waals surface area contributed by atoms with Crippen molar-refractivity contribution in [2.24, 2.45) is 5.92 Å². The molecule has 134 valence electrons. The van der Waals surface area contributed by atoms with E-state index in [0.29, 0.717) is 5.92 Å². The van der Waals surface area contributed by atoms with Crippen LogP contribution in [0.15, 0.2) is 30.6 Å². The van der Waals surface area contributed by atoms with Crippen molar-refractivity contribution in [3.63, 3.8) is 0 Å². The number of amides is 2. The van der Waals surface area contributed by atoms with Gasteiger partial charge < -0.3 is 15.1 Å². The zero-order valence-electron chi connectivity index (χ0n) is 15.1. The molecule has 1 aromatic carbocycles. The number of hydrogen-bond donors (Lipinski definition) is 1. The highest BCUT2D eigenvalue weighted by Crippen LogP contribution is 2.26. The lowest BCUT2D eigenvalue weighted by Crippen LogP contribution is -2.43. The van der Waals surface area contributed by atoms with Gasteiger partial charge in [0.05, 0.1) is 6.20 Å². The Bertz CT molecular complexity index is 712. The summed E-state index contributed by atoms with van der Waals surface area (Å²) in [4.78, 5) is 16.7. The number of benzene rings is 1. The summed E-state index contributed by atoms with van der Waals surface area (Å²) in [6, 6.07) is 5.96. The molecule has 1 aliphatic rings. The maximum atomic E-state index is 12.7. The first-order valence-corrected chi connectivity index (χ1v) is 8.71. The van der Waals surface area contributed by atoms with Crippen molar-refractivity contribution < 1.29 is 4.79 Å². The van der Waals surface area contributed by atoms with Crippen LogP contribution in [0.1, 0.15) is 18.4 Å². The zero-order chi connectivity index (χ0) is 17.8. The molecule has 7 heteroatoms. The number of aromatic nitrogens is 3. The summed E-state index contributed by atoms with van der Waals surface area (Å²) < 4.78 is 1.84. The quantitative estimate of drug-likeness (QED) is 0.927. The molecule has 0 aliphatic carbocycles. The summed E-state index contributed by atoms with van der Waals surface area (Å²) in [5.41, 5.74) is 3.06. The molecule has 0 radical (unpaired) electrons. The third kappa shape index (κ3) is 4.10. The molecule has 1 aromatic heterocycles. The third-order valence-electron chi connectivity index (χ3n) is 4.75. The molecule has 25 heavy (non-hydrogen) atoms. The van der Waals surface area contributed by atoms with Gasteiger partial charge in [0.2, 0.25) is 0 Å². The Balaban J connectivity index is 1.64. The molecule has 2 heterocycles. The van der Waals surface area contributed by atoms with Crippen LogP contribution in [0.2, 0.25) is 0 Å². The van der Waals surface area contributed by atoms with Crippen molar-refractivity contribution in [2.45, 2.75) is 26.3 Å². The number of piperidine rings is 1. The molecule has 7 nitrogen and oxygen atoms in total. The highest BCUT2D eigenvalue weighted by Gasteiger charge is 2.24. The topological polar surface area (TPSA) is 66.3 Å². The second kappa shape index (κ2) is 7.55. The Morgan fingerprint density at radius 1 is 1.40 bits per heavy atom. The largest absolute Gasteiger partial charge is 0.377 e. The van der Waals surface area contributed by atoms with Crippen molar-refractivity contribution in [3.8, 4) is 0 Å². The fourth-order valence-electron chi connectivity index (χ4n) is 3.43. The number of urea groups is 1. The lowest BCUT2D eigenvalue weighted by atomic mass is 9.98. The van der Waals surface area contributed by atoms with E-state index in [4.69, 9.17) is 0 Å². The number of likely N-dealkylation sites (tertiary alicyclic amines) is 1. The number of carbonyl (C=O) groups excluding carboxylic acids is 1. The Morgan fingerprint density at radius 3 is 2.96 bits per heavy atom. The maximum absolute atomic E-state index is 12.7. The molecule has 0 unspecified atom stereocenters. The number of carbonyl (C=O) groups is 1. The lowest BCUT2D eigenvalue weighted by Gasteiger charge is -2.33. The summed E-state index contributed by atoms with van der Waals surface area (Å²) in [6.07, 6.45) is 5.69. The van der Waals surface area contributed by atoms with Crippen molar-refractivity contribution in [1.29, 1.82) is 0 Å². The molecule has 0 bridgehead atoms. The van der Waals surface area contributed by atoms with Gasteiger partial charge in [-0.3, -0.25) is 4.68 Å². The third-order valence-corrected chi connectivity index (χ3v) is 4.75. The molecule has 3 rings (SSSR count). The van der Waals surface area contributed by atoms with E-state index >= 15 is 0 Å². The van der Waals surface area contributed by atoms with Gasteiger partial charge in [0.25, 0.3) is 0 Å². The van der Waals surface area contributed by atoms with Gasteiger partial charge in [-0.15, -0.1) is 5.10 Å². The van der Waals surface area contributed by atoms with Gasteiger partial charge in [0.15, 0.2) is 0 Å². The summed E-state index contributed by atoms with van der Waals surface area (Å²) >= 11 is 0. The van der Waals surface area contributed by atoms with E-state index in [-0.39, 0.29) is 6.03 Å². The van der Waals surface area contributed by atoms with Crippen molar-refractivity contribution in [1.82, 2.24) is 19.9 Å². The average Bonchev–Trinajstić information content (AvgIpc) is 3.09. The predicted molar refractivity (Wildman–Crippen MR) is 98.8 cm³/mol. The first-order valence-electron chi connectivity index (χ1n) is 8.71. The van der Waals surface area contributed by atoms with Crippen LogP contribution in [-0.4, -0.2) is 53.1 Å². The SMILES string of the molecule is Cc1c(NC(=O)N2CCC[C@@H](Cn3ccnn3)C2)cccc1N(C)C. The Morgan fingerprint density at radius 2 is 2.24 bits per heavy atom. The minimum Gasteiger partial charge on any atom is -0.377 e. The normalized spacial score (nSPS) is 17.4. The van der Waals surface area contributed by atoms with E-state index in [2.05, 4.69) is 26.6 Å². The molecule has 0 spiro atoms. The molecule has 1 N–H and O–H groups in total. The van der Waals surface area contributed by atoms with Gasteiger partial charge in [0.1, 0.15) is 0 Å². The van der Waals surface area contributed by atoms with Gasteiger partial charge in [-0.2, -0.15) is 0 Å². The molecule has 1 aliphatic heterocycles. The van der Waals surface area contributed by atoms with Crippen molar-refractivity contribution in [3.05, 3.63) is 36.2 Å². The fourth-order valence-corrected chi connectivity index (χ4v) is 3.43. The van der Waals surface area contributed by atoms with E-state index < -0.39 is 0 Å². The average molecular weight is 342 g/mol. The Labute approximate surface area is 148 Å². The Hall–Kier alpha value is -2.57. The summed E-state index contributed by atoms with van der Waals surface area (Å²) in [5.74, 6) is 0.412. The number of rotatable bonds is 4. The van der Waals surface area contributed by atoms with Gasteiger partial charge in [-0.1, -0.05) is 11.3 Å². The van der Waals surface area contributed by atoms with Crippen LogP contribution in [-0.2, 0) is 6.54 Å². The second-order valence-electron chi connectivity index (χ2n) is 6.85. The maximum Gasteiger partial charge on any atom is 0.321 e. The van der Waals surface area contributed by atoms with Crippen LogP contribution < -0.4 is 10.2 Å². The summed E-state index contributed by atoms with van der Waals surface area (Å²) in [5, 5.41) is 11.0. The molecule has 1 atom stereocenters.